The molecule has 0 aliphatic carbocycles. The summed E-state index contributed by atoms with van der Waals surface area (Å²) in [6.45, 7) is 4.16. The van der Waals surface area contributed by atoms with Crippen LogP contribution in [-0.4, -0.2) is 158 Å². The molecular weight excluding hydrogens is 900 g/mol. The molecule has 0 heterocycles. The highest BCUT2D eigenvalue weighted by atomic mass is 35.5. The van der Waals surface area contributed by atoms with Crippen molar-refractivity contribution in [1.29, 1.82) is 0 Å². The molecule has 0 aromatic heterocycles. The van der Waals surface area contributed by atoms with Crippen molar-refractivity contribution in [3.63, 3.8) is 0 Å². The monoisotopic (exact) mass is 984 g/mol. The second-order valence-corrected chi connectivity index (χ2v) is 23.1. The first-order chi connectivity index (χ1) is 28.3. The van der Waals surface area contributed by atoms with Crippen LogP contribution in [0, 0.1) is 5.92 Å². The summed E-state index contributed by atoms with van der Waals surface area (Å²) in [6, 6.07) is 0.474. The summed E-state index contributed by atoms with van der Waals surface area (Å²) in [5, 5.41) is 48.8. The molecule has 372 valence electrons. The van der Waals surface area contributed by atoms with Gasteiger partial charge >= 0.3 is 9.28 Å². The number of nitrogens with two attached hydrogens (primary N) is 1. The van der Waals surface area contributed by atoms with Gasteiger partial charge in [-0.05, 0) is 44.8 Å². The number of hydrogen-bond donors (Lipinski definition) is 10. The summed E-state index contributed by atoms with van der Waals surface area (Å²) in [5.74, 6) is 3.80. The maximum atomic E-state index is 11.1. The van der Waals surface area contributed by atoms with Gasteiger partial charge in [-0.25, -0.2) is 0 Å². The average Bonchev–Trinajstić information content (AvgIpc) is 3.19. The molecular formula is C37H85ClN4O15S3Si. The van der Waals surface area contributed by atoms with Crippen LogP contribution in [0.5, 0.6) is 0 Å². The van der Waals surface area contributed by atoms with Crippen molar-refractivity contribution in [2.75, 3.05) is 83.1 Å². The lowest BCUT2D eigenvalue weighted by molar-refractivity contribution is 0.0219. The Kier molecular flexibility index (Phi) is 41.7. The molecule has 0 spiro atoms. The molecule has 0 aliphatic heterocycles. The van der Waals surface area contributed by atoms with Gasteiger partial charge in [0.2, 0.25) is 0 Å². The summed E-state index contributed by atoms with van der Waals surface area (Å²) in [7, 11) is -14.6. The fraction of sp³-hybridized carbons (Fsp3) is 1.00. The lowest BCUT2D eigenvalue weighted by atomic mass is 10.0. The SMILES string of the molecule is CC(C)CCCCCCCCCCCCCCCCCNCCC[SiH](OCC(CO)(CO)NCCS(=O)(=O)O)OCC(CO)(CO)NCCS(=O)(=O)O.CCS(=O)(=O)ON.Cl. The first kappa shape index (κ1) is 65.1. The lowest BCUT2D eigenvalue weighted by Gasteiger charge is -2.35. The van der Waals surface area contributed by atoms with Crippen LogP contribution in [0.3, 0.4) is 0 Å². The minimum Gasteiger partial charge on any atom is -0.394 e. The van der Waals surface area contributed by atoms with Gasteiger partial charge in [-0.1, -0.05) is 110 Å². The Morgan fingerprint density at radius 1 is 0.574 bits per heavy atom. The molecule has 0 saturated carbocycles. The highest BCUT2D eigenvalue weighted by Crippen LogP contribution is 2.16. The van der Waals surface area contributed by atoms with E-state index in [1.807, 2.05) is 0 Å². The van der Waals surface area contributed by atoms with Gasteiger partial charge in [0.15, 0.2) is 0 Å². The molecule has 0 aromatic carbocycles. The Balaban J connectivity index is -0.00000383. The minimum absolute atomic E-state index is 0. The summed E-state index contributed by atoms with van der Waals surface area (Å²) < 4.78 is 98.3. The molecule has 0 atom stereocenters. The van der Waals surface area contributed by atoms with E-state index in [0.29, 0.717) is 19.0 Å². The summed E-state index contributed by atoms with van der Waals surface area (Å²) in [5.41, 5.74) is -2.86. The maximum Gasteiger partial charge on any atom is 0.321 e. The molecule has 0 unspecified atom stereocenters. The lowest BCUT2D eigenvalue weighted by Crippen LogP contribution is -2.58. The van der Waals surface area contributed by atoms with Gasteiger partial charge in [0.25, 0.3) is 30.4 Å². The van der Waals surface area contributed by atoms with Gasteiger partial charge in [-0.15, -0.1) is 12.4 Å². The Morgan fingerprint density at radius 3 is 1.21 bits per heavy atom. The Hall–Kier alpha value is -0.163. The van der Waals surface area contributed by atoms with Gasteiger partial charge in [-0.2, -0.15) is 35.4 Å². The maximum absolute atomic E-state index is 11.1. The molecule has 0 fully saturated rings. The molecule has 0 bridgehead atoms. The third-order valence-electron chi connectivity index (χ3n) is 9.95. The topological polar surface area (TPSA) is 314 Å². The van der Waals surface area contributed by atoms with E-state index >= 15 is 0 Å². The molecule has 0 rings (SSSR count). The number of nitrogens with one attached hydrogen (secondary N) is 3. The standard InChI is InChI=1S/C35H77N3O12S2Si.C2H7NO3S.ClH/c1-33(2)19-16-14-12-10-8-6-4-3-5-7-9-11-13-15-17-20-36-21-18-26-53(49-31-34(27-39,28-40)37-22-24-51(43,44)45)50-32-35(29-41,30-42)38-23-25-52(46,47)48;1-2-7(4,5)6-3;/h33,36-42,53H,3-32H2,1-2H3,(H,43,44,45)(H,46,47,48);2-3H2,1H3;1H. The highest BCUT2D eigenvalue weighted by molar-refractivity contribution is 7.86. The number of halogens is 1. The number of aliphatic hydroxyl groups excluding tert-OH is 4. The zero-order valence-corrected chi connectivity index (χ0v) is 41.6. The van der Waals surface area contributed by atoms with E-state index in [1.165, 1.54) is 96.8 Å². The zero-order chi connectivity index (χ0) is 45.8. The Labute approximate surface area is 376 Å². The van der Waals surface area contributed by atoms with Crippen molar-refractivity contribution in [1.82, 2.24) is 16.0 Å². The van der Waals surface area contributed by atoms with Gasteiger partial charge in [0.05, 0.1) is 68.0 Å². The van der Waals surface area contributed by atoms with Crippen molar-refractivity contribution < 1.29 is 67.9 Å². The second-order valence-electron chi connectivity index (χ2n) is 16.0. The average molecular weight is 986 g/mol. The van der Waals surface area contributed by atoms with Crippen LogP contribution >= 0.6 is 12.4 Å². The van der Waals surface area contributed by atoms with E-state index in [1.54, 1.807) is 0 Å². The van der Waals surface area contributed by atoms with Crippen molar-refractivity contribution in [3.05, 3.63) is 0 Å². The summed E-state index contributed by atoms with van der Waals surface area (Å²) in [4.78, 5) is 0. The van der Waals surface area contributed by atoms with Gasteiger partial charge in [0, 0.05) is 13.1 Å². The van der Waals surface area contributed by atoms with Crippen molar-refractivity contribution in [2.45, 2.75) is 147 Å². The van der Waals surface area contributed by atoms with Crippen LogP contribution in [0.2, 0.25) is 6.04 Å². The third kappa shape index (κ3) is 41.0. The molecule has 11 N–H and O–H groups in total. The first-order valence-electron chi connectivity index (χ1n) is 21.7. The normalized spacial score (nSPS) is 12.8. The van der Waals surface area contributed by atoms with Crippen LogP contribution in [0.15, 0.2) is 0 Å². The molecule has 19 nitrogen and oxygen atoms in total. The quantitative estimate of drug-likeness (QED) is 0.0181. The predicted molar refractivity (Wildman–Crippen MR) is 245 cm³/mol. The molecule has 0 saturated heterocycles. The van der Waals surface area contributed by atoms with Crippen molar-refractivity contribution >= 4 is 52.0 Å². The molecule has 24 heteroatoms. The van der Waals surface area contributed by atoms with Crippen LogP contribution in [0.4, 0.5) is 0 Å². The van der Waals surface area contributed by atoms with E-state index in [4.69, 9.17) is 18.0 Å². The molecule has 0 aromatic rings. The molecule has 61 heavy (non-hydrogen) atoms. The van der Waals surface area contributed by atoms with Crippen molar-refractivity contribution in [2.24, 2.45) is 11.8 Å². The van der Waals surface area contributed by atoms with E-state index in [-0.39, 0.29) is 44.5 Å². The third-order valence-corrected chi connectivity index (χ3v) is 14.3. The second kappa shape index (κ2) is 39.0. The van der Waals surface area contributed by atoms with Crippen LogP contribution in [0.25, 0.3) is 0 Å². The fourth-order valence-electron chi connectivity index (χ4n) is 5.91. The van der Waals surface area contributed by atoms with Crippen LogP contribution in [-0.2, 0) is 43.5 Å². The van der Waals surface area contributed by atoms with E-state index in [9.17, 15) is 45.7 Å². The van der Waals surface area contributed by atoms with Crippen LogP contribution < -0.4 is 21.8 Å². The number of rotatable bonds is 42. The molecule has 0 amide bonds. The van der Waals surface area contributed by atoms with E-state index in [0.717, 1.165) is 25.3 Å². The van der Waals surface area contributed by atoms with Crippen LogP contribution in [0.1, 0.15) is 130 Å². The zero-order valence-electron chi connectivity index (χ0n) is 37.1. The number of aliphatic hydroxyl groups is 4. The minimum atomic E-state index is -4.28. The van der Waals surface area contributed by atoms with E-state index in [2.05, 4.69) is 40.0 Å². The van der Waals surface area contributed by atoms with Gasteiger partial charge < -0.3 is 45.2 Å². The number of unbranched alkanes of at least 4 members (excludes halogenated alkanes) is 14. The summed E-state index contributed by atoms with van der Waals surface area (Å²) >= 11 is 0. The number of hydrogen-bond acceptors (Lipinski definition) is 17. The molecule has 0 aliphatic rings. The van der Waals surface area contributed by atoms with Gasteiger partial charge in [0.1, 0.15) is 0 Å². The smallest absolute Gasteiger partial charge is 0.321 e. The predicted octanol–water partition coefficient (Wildman–Crippen LogP) is 2.17. The highest BCUT2D eigenvalue weighted by Gasteiger charge is 2.34. The first-order valence-corrected chi connectivity index (χ1v) is 28.2. The van der Waals surface area contributed by atoms with E-state index < -0.39 is 88.6 Å². The Bertz CT molecular complexity index is 1270. The molecule has 0 radical (unpaired) electrons. The summed E-state index contributed by atoms with van der Waals surface area (Å²) in [6.07, 6.45) is 21.7. The van der Waals surface area contributed by atoms with Gasteiger partial charge in [-0.3, -0.25) is 9.11 Å². The fourth-order valence-corrected chi connectivity index (χ4v) is 8.74. The Morgan fingerprint density at radius 2 is 0.918 bits per heavy atom. The largest absolute Gasteiger partial charge is 0.394 e. The van der Waals surface area contributed by atoms with Crippen molar-refractivity contribution in [3.8, 4) is 0 Å².